The average Bonchev–Trinajstić information content (AvgIpc) is 2.52. The first kappa shape index (κ1) is 11.9. The topological polar surface area (TPSA) is 66.4 Å². The summed E-state index contributed by atoms with van der Waals surface area (Å²) in [5.41, 5.74) is -0.204. The van der Waals surface area contributed by atoms with E-state index in [2.05, 4.69) is 5.32 Å². The molecule has 1 fully saturated rings. The molecule has 0 radical (unpaired) electrons. The van der Waals surface area contributed by atoms with Gasteiger partial charge in [-0.1, -0.05) is 12.8 Å². The van der Waals surface area contributed by atoms with Gasteiger partial charge in [-0.3, -0.25) is 0 Å². The Morgan fingerprint density at radius 3 is 2.36 bits per heavy atom. The smallest absolute Gasteiger partial charge is 0.148 e. The van der Waals surface area contributed by atoms with Crippen molar-refractivity contribution >= 4 is 9.84 Å². The fourth-order valence-electron chi connectivity index (χ4n) is 1.94. The second-order valence-corrected chi connectivity index (χ2v) is 6.46. The lowest BCUT2D eigenvalue weighted by atomic mass is 9.99. The van der Waals surface area contributed by atoms with Gasteiger partial charge in [-0.05, 0) is 12.8 Å². The fourth-order valence-corrected chi connectivity index (χ4v) is 2.42. The molecule has 5 heteroatoms. The molecular weight excluding hydrogens is 202 g/mol. The van der Waals surface area contributed by atoms with E-state index in [0.717, 1.165) is 25.7 Å². The second-order valence-electron chi connectivity index (χ2n) is 4.20. The average molecular weight is 221 g/mol. The second kappa shape index (κ2) is 4.59. The number of nitrogens with one attached hydrogen (secondary N) is 1. The zero-order valence-corrected chi connectivity index (χ0v) is 9.44. The van der Waals surface area contributed by atoms with Gasteiger partial charge in [0.1, 0.15) is 9.84 Å². The number of hydrogen-bond donors (Lipinski definition) is 2. The Kier molecular flexibility index (Phi) is 3.92. The molecule has 0 aliphatic heterocycles. The third kappa shape index (κ3) is 3.55. The summed E-state index contributed by atoms with van der Waals surface area (Å²) in [4.78, 5) is 0. The van der Waals surface area contributed by atoms with Crippen LogP contribution in [0, 0.1) is 0 Å². The van der Waals surface area contributed by atoms with E-state index in [9.17, 15) is 13.5 Å². The summed E-state index contributed by atoms with van der Waals surface area (Å²) < 4.78 is 21.8. The molecule has 2 N–H and O–H groups in total. The van der Waals surface area contributed by atoms with Crippen LogP contribution >= 0.6 is 0 Å². The van der Waals surface area contributed by atoms with Gasteiger partial charge in [-0.15, -0.1) is 0 Å². The Balaban J connectivity index is 2.35. The van der Waals surface area contributed by atoms with Crippen molar-refractivity contribution in [1.82, 2.24) is 5.32 Å². The minimum absolute atomic E-state index is 0.108. The standard InChI is InChI=1S/C9H19NO3S/c1-14(12,13)7-6-10-9(8-11)4-2-3-5-9/h10-11H,2-8H2,1H3. The Bertz CT molecular complexity index is 268. The Morgan fingerprint density at radius 1 is 1.36 bits per heavy atom. The Morgan fingerprint density at radius 2 is 1.93 bits per heavy atom. The molecule has 0 bridgehead atoms. The van der Waals surface area contributed by atoms with Gasteiger partial charge in [-0.25, -0.2) is 8.42 Å². The number of aliphatic hydroxyl groups is 1. The maximum Gasteiger partial charge on any atom is 0.148 e. The number of rotatable bonds is 5. The Hall–Kier alpha value is -0.130. The van der Waals surface area contributed by atoms with Gasteiger partial charge in [0.05, 0.1) is 12.4 Å². The summed E-state index contributed by atoms with van der Waals surface area (Å²) in [6, 6.07) is 0. The first-order valence-corrected chi connectivity index (χ1v) is 7.07. The van der Waals surface area contributed by atoms with Gasteiger partial charge in [0.2, 0.25) is 0 Å². The maximum atomic E-state index is 10.9. The minimum Gasteiger partial charge on any atom is -0.394 e. The normalized spacial score (nSPS) is 21.3. The van der Waals surface area contributed by atoms with Crippen LogP contribution in [-0.4, -0.2) is 44.2 Å². The van der Waals surface area contributed by atoms with Crippen LogP contribution in [0.4, 0.5) is 0 Å². The van der Waals surface area contributed by atoms with Gasteiger partial charge >= 0.3 is 0 Å². The van der Waals surface area contributed by atoms with Crippen molar-refractivity contribution in [1.29, 1.82) is 0 Å². The van der Waals surface area contributed by atoms with Crippen molar-refractivity contribution in [3.63, 3.8) is 0 Å². The van der Waals surface area contributed by atoms with E-state index in [4.69, 9.17) is 0 Å². The van der Waals surface area contributed by atoms with Crippen LogP contribution in [-0.2, 0) is 9.84 Å². The van der Waals surface area contributed by atoms with E-state index in [0.29, 0.717) is 6.54 Å². The summed E-state index contributed by atoms with van der Waals surface area (Å²) in [5.74, 6) is 0.148. The highest BCUT2D eigenvalue weighted by molar-refractivity contribution is 7.90. The molecule has 0 aromatic carbocycles. The van der Waals surface area contributed by atoms with Crippen LogP contribution in [0.25, 0.3) is 0 Å². The molecule has 0 heterocycles. The SMILES string of the molecule is CS(=O)(=O)CCNC1(CO)CCCC1. The molecule has 0 spiro atoms. The van der Waals surface area contributed by atoms with E-state index in [1.165, 1.54) is 6.26 Å². The lowest BCUT2D eigenvalue weighted by molar-refractivity contribution is 0.167. The molecule has 14 heavy (non-hydrogen) atoms. The molecule has 1 rings (SSSR count). The van der Waals surface area contributed by atoms with E-state index in [1.807, 2.05) is 0 Å². The van der Waals surface area contributed by atoms with Crippen LogP contribution in [0.15, 0.2) is 0 Å². The first-order chi connectivity index (χ1) is 6.47. The van der Waals surface area contributed by atoms with Crippen molar-refractivity contribution in [2.75, 3.05) is 25.2 Å². The fraction of sp³-hybridized carbons (Fsp3) is 1.00. The summed E-state index contributed by atoms with van der Waals surface area (Å²) in [5, 5.41) is 12.4. The number of sulfone groups is 1. The highest BCUT2D eigenvalue weighted by Crippen LogP contribution is 2.28. The van der Waals surface area contributed by atoms with E-state index in [-0.39, 0.29) is 17.9 Å². The van der Waals surface area contributed by atoms with Crippen LogP contribution in [0.2, 0.25) is 0 Å². The third-order valence-electron chi connectivity index (χ3n) is 2.84. The van der Waals surface area contributed by atoms with Gasteiger partial charge in [0, 0.05) is 18.3 Å². The predicted molar refractivity (Wildman–Crippen MR) is 56.0 cm³/mol. The van der Waals surface area contributed by atoms with E-state index in [1.54, 1.807) is 0 Å². The lowest BCUT2D eigenvalue weighted by Gasteiger charge is -2.27. The minimum atomic E-state index is -2.89. The summed E-state index contributed by atoms with van der Waals surface area (Å²) in [6.45, 7) is 0.552. The Labute approximate surface area is 85.6 Å². The number of hydrogen-bond acceptors (Lipinski definition) is 4. The van der Waals surface area contributed by atoms with E-state index < -0.39 is 9.84 Å². The molecule has 0 aromatic rings. The quantitative estimate of drug-likeness (QED) is 0.682. The zero-order valence-electron chi connectivity index (χ0n) is 8.62. The summed E-state index contributed by atoms with van der Waals surface area (Å²) >= 11 is 0. The molecular formula is C9H19NO3S. The van der Waals surface area contributed by atoms with Crippen LogP contribution < -0.4 is 5.32 Å². The monoisotopic (exact) mass is 221 g/mol. The van der Waals surface area contributed by atoms with Crippen LogP contribution in [0.5, 0.6) is 0 Å². The van der Waals surface area contributed by atoms with Crippen molar-refractivity contribution < 1.29 is 13.5 Å². The zero-order chi connectivity index (χ0) is 10.7. The molecule has 0 unspecified atom stereocenters. The number of aliphatic hydroxyl groups excluding tert-OH is 1. The molecule has 0 atom stereocenters. The molecule has 4 nitrogen and oxygen atoms in total. The van der Waals surface area contributed by atoms with Crippen LogP contribution in [0.1, 0.15) is 25.7 Å². The van der Waals surface area contributed by atoms with Crippen molar-refractivity contribution in [2.45, 2.75) is 31.2 Å². The van der Waals surface area contributed by atoms with Crippen molar-refractivity contribution in [3.8, 4) is 0 Å². The highest BCUT2D eigenvalue weighted by atomic mass is 32.2. The van der Waals surface area contributed by atoms with Crippen molar-refractivity contribution in [3.05, 3.63) is 0 Å². The van der Waals surface area contributed by atoms with Gasteiger partial charge in [0.25, 0.3) is 0 Å². The largest absolute Gasteiger partial charge is 0.394 e. The van der Waals surface area contributed by atoms with E-state index >= 15 is 0 Å². The highest BCUT2D eigenvalue weighted by Gasteiger charge is 2.32. The molecule has 0 aromatic heterocycles. The molecule has 0 saturated heterocycles. The van der Waals surface area contributed by atoms with Crippen LogP contribution in [0.3, 0.4) is 0 Å². The molecule has 0 amide bonds. The van der Waals surface area contributed by atoms with Gasteiger partial charge in [0.15, 0.2) is 0 Å². The predicted octanol–water partition coefficient (Wildman–Crippen LogP) is -0.0743. The molecule has 1 aliphatic rings. The lowest BCUT2D eigenvalue weighted by Crippen LogP contribution is -2.47. The first-order valence-electron chi connectivity index (χ1n) is 5.01. The maximum absolute atomic E-state index is 10.9. The molecule has 84 valence electrons. The summed E-state index contributed by atoms with van der Waals surface area (Å²) in [6.07, 6.45) is 5.37. The van der Waals surface area contributed by atoms with Crippen molar-refractivity contribution in [2.24, 2.45) is 0 Å². The molecule has 1 saturated carbocycles. The van der Waals surface area contributed by atoms with Gasteiger partial charge in [-0.2, -0.15) is 0 Å². The summed E-state index contributed by atoms with van der Waals surface area (Å²) in [7, 11) is -2.89. The van der Waals surface area contributed by atoms with Gasteiger partial charge < -0.3 is 10.4 Å². The third-order valence-corrected chi connectivity index (χ3v) is 3.78. The molecule has 1 aliphatic carbocycles.